The highest BCUT2D eigenvalue weighted by Crippen LogP contribution is 2.23. The van der Waals surface area contributed by atoms with Gasteiger partial charge in [-0.05, 0) is 42.2 Å². The molecule has 0 unspecified atom stereocenters. The van der Waals surface area contributed by atoms with Gasteiger partial charge in [-0.2, -0.15) is 0 Å². The van der Waals surface area contributed by atoms with Gasteiger partial charge < -0.3 is 10.6 Å². The van der Waals surface area contributed by atoms with Gasteiger partial charge in [0, 0.05) is 17.5 Å². The van der Waals surface area contributed by atoms with Crippen LogP contribution in [-0.4, -0.2) is 37.0 Å². The fraction of sp³-hybridized carbons (Fsp3) is 0.320. The van der Waals surface area contributed by atoms with Gasteiger partial charge in [0.1, 0.15) is 11.7 Å². The molecule has 2 aromatic carbocycles. The molecule has 0 saturated carbocycles. The zero-order chi connectivity index (χ0) is 24.9. The van der Waals surface area contributed by atoms with Crippen LogP contribution in [0, 0.1) is 12.3 Å². The Labute approximate surface area is 204 Å². The first-order valence-corrected chi connectivity index (χ1v) is 13.4. The summed E-state index contributed by atoms with van der Waals surface area (Å²) in [5.41, 5.74) is 3.87. The van der Waals surface area contributed by atoms with Crippen molar-refractivity contribution in [2.75, 3.05) is 11.1 Å². The Kier molecular flexibility index (Phi) is 7.89. The van der Waals surface area contributed by atoms with E-state index >= 15 is 0 Å². The number of hydrogen-bond donors (Lipinski definition) is 2. The van der Waals surface area contributed by atoms with E-state index in [0.717, 1.165) is 11.1 Å². The molecule has 0 radical (unpaired) electrons. The van der Waals surface area contributed by atoms with E-state index in [9.17, 15) is 18.0 Å². The molecule has 3 rings (SSSR count). The van der Waals surface area contributed by atoms with Crippen LogP contribution in [0.3, 0.4) is 0 Å². The molecule has 9 heteroatoms. The number of carbonyl (C=O) groups is 2. The summed E-state index contributed by atoms with van der Waals surface area (Å²) in [5, 5.41) is 7.16. The second-order valence-corrected chi connectivity index (χ2v) is 12.1. The molecule has 1 aromatic heterocycles. The molecule has 1 heterocycles. The number of rotatable bonds is 8. The third-order valence-corrected chi connectivity index (χ3v) is 7.77. The first kappa shape index (κ1) is 25.6. The van der Waals surface area contributed by atoms with E-state index in [1.165, 1.54) is 23.5 Å². The minimum absolute atomic E-state index is 0.0208. The highest BCUT2D eigenvalue weighted by atomic mass is 32.2. The van der Waals surface area contributed by atoms with Crippen molar-refractivity contribution in [3.05, 3.63) is 76.2 Å². The SMILES string of the molecule is Cc1ccc(C[C@H](NC(=O)c2cscn2)C(=O)Nc2ccc(S(=O)(=O)CC(C)(C)C)cc2)cc1. The summed E-state index contributed by atoms with van der Waals surface area (Å²) in [5.74, 6) is -0.820. The molecule has 2 amide bonds. The Morgan fingerprint density at radius 1 is 1.03 bits per heavy atom. The van der Waals surface area contributed by atoms with Crippen LogP contribution < -0.4 is 10.6 Å². The molecule has 0 saturated heterocycles. The van der Waals surface area contributed by atoms with Crippen molar-refractivity contribution in [1.29, 1.82) is 0 Å². The maximum atomic E-state index is 13.1. The normalized spacial score (nSPS) is 12.7. The predicted molar refractivity (Wildman–Crippen MR) is 135 cm³/mol. The summed E-state index contributed by atoms with van der Waals surface area (Å²) in [6.07, 6.45) is 0.292. The molecular formula is C25H29N3O4S2. The summed E-state index contributed by atoms with van der Waals surface area (Å²) in [6, 6.07) is 13.0. The first-order valence-electron chi connectivity index (χ1n) is 10.8. The molecule has 0 aliphatic heterocycles. The summed E-state index contributed by atoms with van der Waals surface area (Å²) in [4.78, 5) is 29.9. The average Bonchev–Trinajstić information content (AvgIpc) is 3.28. The molecule has 0 spiro atoms. The van der Waals surface area contributed by atoms with Crippen molar-refractivity contribution < 1.29 is 18.0 Å². The number of nitrogens with zero attached hydrogens (tertiary/aromatic N) is 1. The fourth-order valence-electron chi connectivity index (χ4n) is 3.35. The first-order chi connectivity index (χ1) is 15.9. The minimum Gasteiger partial charge on any atom is -0.339 e. The largest absolute Gasteiger partial charge is 0.339 e. The number of hydrogen-bond acceptors (Lipinski definition) is 6. The smallest absolute Gasteiger partial charge is 0.271 e. The van der Waals surface area contributed by atoms with E-state index in [-0.39, 0.29) is 21.8 Å². The van der Waals surface area contributed by atoms with E-state index in [0.29, 0.717) is 12.1 Å². The highest BCUT2D eigenvalue weighted by Gasteiger charge is 2.25. The lowest BCUT2D eigenvalue weighted by atomic mass is 10.0. The number of aromatic nitrogens is 1. The molecule has 7 nitrogen and oxygen atoms in total. The van der Waals surface area contributed by atoms with E-state index in [2.05, 4.69) is 15.6 Å². The number of benzene rings is 2. The molecule has 0 fully saturated rings. The zero-order valence-electron chi connectivity index (χ0n) is 19.7. The second-order valence-electron chi connectivity index (χ2n) is 9.42. The van der Waals surface area contributed by atoms with Crippen LogP contribution in [0.4, 0.5) is 5.69 Å². The van der Waals surface area contributed by atoms with Crippen molar-refractivity contribution in [2.24, 2.45) is 5.41 Å². The van der Waals surface area contributed by atoms with Crippen LogP contribution in [0.2, 0.25) is 0 Å². The quantitative estimate of drug-likeness (QED) is 0.482. The van der Waals surface area contributed by atoms with Gasteiger partial charge in [-0.15, -0.1) is 11.3 Å². The number of amides is 2. The molecule has 3 aromatic rings. The molecule has 1 atom stereocenters. The molecule has 0 aliphatic carbocycles. The zero-order valence-corrected chi connectivity index (χ0v) is 21.3. The lowest BCUT2D eigenvalue weighted by Gasteiger charge is -2.19. The maximum Gasteiger partial charge on any atom is 0.271 e. The summed E-state index contributed by atoms with van der Waals surface area (Å²) in [7, 11) is -3.44. The lowest BCUT2D eigenvalue weighted by molar-refractivity contribution is -0.118. The number of thiazole rings is 1. The van der Waals surface area contributed by atoms with Gasteiger partial charge in [0.2, 0.25) is 5.91 Å². The Morgan fingerprint density at radius 3 is 2.24 bits per heavy atom. The average molecular weight is 500 g/mol. The van der Waals surface area contributed by atoms with E-state index in [1.807, 2.05) is 52.0 Å². The third-order valence-electron chi connectivity index (χ3n) is 4.95. The van der Waals surface area contributed by atoms with Crippen molar-refractivity contribution in [2.45, 2.75) is 45.1 Å². The van der Waals surface area contributed by atoms with E-state index < -0.39 is 27.7 Å². The molecule has 34 heavy (non-hydrogen) atoms. The van der Waals surface area contributed by atoms with Gasteiger partial charge in [0.25, 0.3) is 5.91 Å². The Bertz CT molecular complexity index is 1230. The molecule has 2 N–H and O–H groups in total. The van der Waals surface area contributed by atoms with Crippen LogP contribution in [0.1, 0.15) is 42.4 Å². The molecule has 0 aliphatic rings. The fourth-order valence-corrected chi connectivity index (χ4v) is 5.74. The summed E-state index contributed by atoms with van der Waals surface area (Å²) in [6.45, 7) is 7.58. The second kappa shape index (κ2) is 10.5. The van der Waals surface area contributed by atoms with Crippen LogP contribution in [0.25, 0.3) is 0 Å². The van der Waals surface area contributed by atoms with Crippen LogP contribution in [0.5, 0.6) is 0 Å². The number of sulfone groups is 1. The predicted octanol–water partition coefficient (Wildman–Crippen LogP) is 4.25. The van der Waals surface area contributed by atoms with Crippen LogP contribution in [-0.2, 0) is 21.1 Å². The molecule has 0 bridgehead atoms. The topological polar surface area (TPSA) is 105 Å². The van der Waals surface area contributed by atoms with Gasteiger partial charge in [0.15, 0.2) is 9.84 Å². The number of anilines is 1. The summed E-state index contributed by atoms with van der Waals surface area (Å²) >= 11 is 1.30. The standard InChI is InChI=1S/C25H29N3O4S2/c1-17-5-7-18(8-6-17)13-21(28-24(30)22-14-33-16-26-22)23(29)27-19-9-11-20(12-10-19)34(31,32)15-25(2,3)4/h5-12,14,16,21H,13,15H2,1-4H3,(H,27,29)(H,28,30)/t21-/m0/s1. The van der Waals surface area contributed by atoms with Crippen molar-refractivity contribution in [3.8, 4) is 0 Å². The third kappa shape index (κ3) is 7.23. The van der Waals surface area contributed by atoms with Gasteiger partial charge >= 0.3 is 0 Å². The van der Waals surface area contributed by atoms with Gasteiger partial charge in [-0.1, -0.05) is 50.6 Å². The van der Waals surface area contributed by atoms with Crippen LogP contribution >= 0.6 is 11.3 Å². The molecular weight excluding hydrogens is 470 g/mol. The highest BCUT2D eigenvalue weighted by molar-refractivity contribution is 7.91. The lowest BCUT2D eigenvalue weighted by Crippen LogP contribution is -2.45. The Morgan fingerprint density at radius 2 is 1.68 bits per heavy atom. The Hall–Kier alpha value is -3.04. The maximum absolute atomic E-state index is 13.1. The van der Waals surface area contributed by atoms with Crippen molar-refractivity contribution in [1.82, 2.24) is 10.3 Å². The van der Waals surface area contributed by atoms with Gasteiger partial charge in [-0.3, -0.25) is 9.59 Å². The van der Waals surface area contributed by atoms with Crippen LogP contribution in [0.15, 0.2) is 64.3 Å². The number of carbonyl (C=O) groups excluding carboxylic acids is 2. The van der Waals surface area contributed by atoms with Crippen molar-refractivity contribution in [3.63, 3.8) is 0 Å². The minimum atomic E-state index is -3.44. The monoisotopic (exact) mass is 499 g/mol. The summed E-state index contributed by atoms with van der Waals surface area (Å²) < 4.78 is 25.2. The number of nitrogens with one attached hydrogen (secondary N) is 2. The van der Waals surface area contributed by atoms with Gasteiger partial charge in [-0.25, -0.2) is 13.4 Å². The van der Waals surface area contributed by atoms with E-state index in [1.54, 1.807) is 23.0 Å². The van der Waals surface area contributed by atoms with Gasteiger partial charge in [0.05, 0.1) is 16.2 Å². The number of aryl methyl sites for hydroxylation is 1. The molecule has 180 valence electrons. The van der Waals surface area contributed by atoms with Crippen molar-refractivity contribution >= 4 is 38.7 Å². The Balaban J connectivity index is 1.76. The van der Waals surface area contributed by atoms with E-state index in [4.69, 9.17) is 0 Å².